The van der Waals surface area contributed by atoms with Crippen LogP contribution in [-0.4, -0.2) is 54.0 Å². The van der Waals surface area contributed by atoms with Gasteiger partial charge in [0, 0.05) is 36.3 Å². The number of hydrogen-bond donors (Lipinski definition) is 6. The smallest absolute Gasteiger partial charge is 0.318 e. The van der Waals surface area contributed by atoms with E-state index < -0.39 is 35.7 Å². The van der Waals surface area contributed by atoms with Crippen molar-refractivity contribution in [2.45, 2.75) is 31.9 Å². The van der Waals surface area contributed by atoms with Gasteiger partial charge in [-0.05, 0) is 67.3 Å². The second kappa shape index (κ2) is 13.4. The summed E-state index contributed by atoms with van der Waals surface area (Å²) < 4.78 is 27.5. The summed E-state index contributed by atoms with van der Waals surface area (Å²) in [5.41, 5.74) is 0.517. The Hall–Kier alpha value is -4.94. The van der Waals surface area contributed by atoms with E-state index in [9.17, 15) is 28.0 Å². The molecule has 2 unspecified atom stereocenters. The monoisotopic (exact) mass is 525 g/mol. The molecule has 198 valence electrons. The van der Waals surface area contributed by atoms with Gasteiger partial charge in [0.2, 0.25) is 5.91 Å². The first-order valence-corrected chi connectivity index (χ1v) is 11.0. The summed E-state index contributed by atoms with van der Waals surface area (Å²) in [4.78, 5) is 47.4. The van der Waals surface area contributed by atoms with Crippen LogP contribution >= 0.6 is 0 Å². The molecule has 2 aromatic rings. The fourth-order valence-electron chi connectivity index (χ4n) is 3.14. The van der Waals surface area contributed by atoms with Crippen LogP contribution in [0.2, 0.25) is 0 Å². The number of nitrogens with one attached hydrogen (secondary N) is 5. The number of rotatable bonds is 7. The highest BCUT2D eigenvalue weighted by Crippen LogP contribution is 2.21. The number of anilines is 1. The Kier molecular flexibility index (Phi) is 10.3. The van der Waals surface area contributed by atoms with Crippen molar-refractivity contribution in [2.24, 2.45) is 0 Å². The molecule has 0 fully saturated rings. The third-order valence-electron chi connectivity index (χ3n) is 5.14. The van der Waals surface area contributed by atoms with E-state index in [0.717, 1.165) is 13.8 Å². The topological polar surface area (TPSA) is 149 Å². The molecule has 0 spiro atoms. The van der Waals surface area contributed by atoms with Gasteiger partial charge in [0.1, 0.15) is 11.6 Å². The number of amides is 5. The highest BCUT2D eigenvalue weighted by molar-refractivity contribution is 5.98. The number of halogens is 2. The minimum Gasteiger partial charge on any atom is -0.343 e. The molecule has 38 heavy (non-hydrogen) atoms. The summed E-state index contributed by atoms with van der Waals surface area (Å²) in [6.07, 6.45) is -3.26. The molecule has 2 rings (SSSR count). The molecule has 0 aliphatic carbocycles. The lowest BCUT2D eigenvalue weighted by atomic mass is 9.91. The van der Waals surface area contributed by atoms with Crippen molar-refractivity contribution in [1.82, 2.24) is 21.4 Å². The van der Waals surface area contributed by atoms with Crippen molar-refractivity contribution >= 4 is 29.4 Å². The Morgan fingerprint density at radius 1 is 0.921 bits per heavy atom. The van der Waals surface area contributed by atoms with Crippen LogP contribution in [0.1, 0.15) is 35.3 Å². The Morgan fingerprint density at radius 3 is 1.89 bits per heavy atom. The molecule has 2 aromatic carbocycles. The quantitative estimate of drug-likeness (QED) is 0.185. The Balaban J connectivity index is 2.11. The van der Waals surface area contributed by atoms with Crippen LogP contribution in [0.4, 0.5) is 19.3 Å². The number of carbonyl (C=O) groups excluding carboxylic acids is 4. The van der Waals surface area contributed by atoms with Crippen molar-refractivity contribution in [3.63, 3.8) is 0 Å². The van der Waals surface area contributed by atoms with E-state index in [0.29, 0.717) is 16.8 Å². The maximum Gasteiger partial charge on any atom is 0.318 e. The van der Waals surface area contributed by atoms with Gasteiger partial charge in [-0.1, -0.05) is 11.8 Å². The summed E-state index contributed by atoms with van der Waals surface area (Å²) in [6, 6.07) is 10.2. The average Bonchev–Trinajstić information content (AvgIpc) is 2.89. The first-order chi connectivity index (χ1) is 18.0. The number of alkyl halides is 2. The first-order valence-electron chi connectivity index (χ1n) is 11.0. The van der Waals surface area contributed by atoms with Gasteiger partial charge in [-0.15, -0.1) is 0 Å². The summed E-state index contributed by atoms with van der Waals surface area (Å²) >= 11 is 0. The zero-order valence-electron chi connectivity index (χ0n) is 20.6. The van der Waals surface area contributed by atoms with Crippen molar-refractivity contribution in [1.29, 1.82) is 0 Å². The van der Waals surface area contributed by atoms with Crippen LogP contribution in [-0.2, 0) is 9.59 Å². The van der Waals surface area contributed by atoms with Gasteiger partial charge in [0.25, 0.3) is 18.2 Å². The SMILES string of the molecule is CNC(=O)Nc1ccc(C#CC#Cc2ccc(C(=O)NC(C(=O)NO)C(C)(NC(C)=O)C(F)F)cc2)cc1. The highest BCUT2D eigenvalue weighted by Gasteiger charge is 2.48. The maximum absolute atomic E-state index is 13.8. The fourth-order valence-corrected chi connectivity index (χ4v) is 3.14. The van der Waals surface area contributed by atoms with E-state index in [-0.39, 0.29) is 11.6 Å². The number of hydroxylamine groups is 1. The zero-order chi connectivity index (χ0) is 28.3. The van der Waals surface area contributed by atoms with Gasteiger partial charge in [-0.25, -0.2) is 19.1 Å². The van der Waals surface area contributed by atoms with Crippen molar-refractivity contribution in [3.8, 4) is 23.7 Å². The van der Waals surface area contributed by atoms with Gasteiger partial charge >= 0.3 is 6.03 Å². The standard InChI is InChI=1S/C26H25F2N5O5/c1-16(34)32-26(2,24(27)28)21(23(36)33-38)31-22(35)19-12-8-17(9-13-19)6-4-5-7-18-10-14-20(15-11-18)30-25(37)29-3/h8-15,21,24,38H,1-3H3,(H,31,35)(H,32,34)(H,33,36)(H2,29,30,37). The molecule has 0 aliphatic rings. The van der Waals surface area contributed by atoms with Gasteiger partial charge in [0.15, 0.2) is 0 Å². The number of urea groups is 1. The molecule has 6 N–H and O–H groups in total. The minimum atomic E-state index is -3.26. The third-order valence-corrected chi connectivity index (χ3v) is 5.14. The second-order valence-corrected chi connectivity index (χ2v) is 8.01. The molecular formula is C26H25F2N5O5. The third kappa shape index (κ3) is 8.05. The van der Waals surface area contributed by atoms with Crippen LogP contribution in [0, 0.1) is 23.7 Å². The van der Waals surface area contributed by atoms with Crippen LogP contribution in [0.15, 0.2) is 48.5 Å². The van der Waals surface area contributed by atoms with Crippen LogP contribution in [0.25, 0.3) is 0 Å². The van der Waals surface area contributed by atoms with E-state index in [1.807, 2.05) is 5.32 Å². The minimum absolute atomic E-state index is 0.0160. The normalized spacial score (nSPS) is 12.3. The zero-order valence-corrected chi connectivity index (χ0v) is 20.6. The highest BCUT2D eigenvalue weighted by atomic mass is 19.3. The summed E-state index contributed by atoms with van der Waals surface area (Å²) in [5, 5.41) is 18.1. The first kappa shape index (κ1) is 29.3. The van der Waals surface area contributed by atoms with E-state index in [1.54, 1.807) is 24.3 Å². The van der Waals surface area contributed by atoms with Crippen LogP contribution in [0.5, 0.6) is 0 Å². The molecule has 0 saturated heterocycles. The number of benzene rings is 2. The van der Waals surface area contributed by atoms with Crippen molar-refractivity contribution in [2.75, 3.05) is 12.4 Å². The lowest BCUT2D eigenvalue weighted by Gasteiger charge is -2.36. The van der Waals surface area contributed by atoms with Crippen LogP contribution < -0.4 is 26.7 Å². The molecule has 2 atom stereocenters. The lowest BCUT2D eigenvalue weighted by molar-refractivity contribution is -0.137. The molecule has 0 aliphatic heterocycles. The fraction of sp³-hybridized carbons (Fsp3) is 0.231. The molecule has 10 nitrogen and oxygen atoms in total. The number of hydrogen-bond acceptors (Lipinski definition) is 5. The van der Waals surface area contributed by atoms with Crippen LogP contribution in [0.3, 0.4) is 0 Å². The Morgan fingerprint density at radius 2 is 1.45 bits per heavy atom. The van der Waals surface area contributed by atoms with E-state index in [4.69, 9.17) is 5.21 Å². The van der Waals surface area contributed by atoms with Gasteiger partial charge < -0.3 is 21.3 Å². The van der Waals surface area contributed by atoms with E-state index in [2.05, 4.69) is 39.6 Å². The predicted octanol–water partition coefficient (Wildman–Crippen LogP) is 1.60. The molecule has 0 aromatic heterocycles. The molecule has 12 heteroatoms. The second-order valence-electron chi connectivity index (χ2n) is 8.01. The molecule has 0 saturated carbocycles. The molecular weight excluding hydrogens is 500 g/mol. The maximum atomic E-state index is 13.8. The van der Waals surface area contributed by atoms with Crippen molar-refractivity contribution < 1.29 is 33.2 Å². The Labute approximate surface area is 217 Å². The largest absolute Gasteiger partial charge is 0.343 e. The predicted molar refractivity (Wildman–Crippen MR) is 134 cm³/mol. The van der Waals surface area contributed by atoms with Gasteiger partial charge in [-0.3, -0.25) is 19.6 Å². The van der Waals surface area contributed by atoms with Crippen molar-refractivity contribution in [3.05, 3.63) is 65.2 Å². The molecule has 0 radical (unpaired) electrons. The van der Waals surface area contributed by atoms with Gasteiger partial charge in [-0.2, -0.15) is 0 Å². The summed E-state index contributed by atoms with van der Waals surface area (Å²) in [5.74, 6) is 7.89. The molecule has 5 amide bonds. The summed E-state index contributed by atoms with van der Waals surface area (Å²) in [7, 11) is 1.51. The molecule has 0 heterocycles. The van der Waals surface area contributed by atoms with Gasteiger partial charge in [0.05, 0.1) is 0 Å². The van der Waals surface area contributed by atoms with E-state index >= 15 is 0 Å². The Bertz CT molecular complexity index is 1310. The lowest BCUT2D eigenvalue weighted by Crippen LogP contribution is -2.68. The summed E-state index contributed by atoms with van der Waals surface area (Å²) in [6.45, 7) is 1.85. The number of carbonyl (C=O) groups is 4. The van der Waals surface area contributed by atoms with E-state index in [1.165, 1.54) is 36.8 Å². The molecule has 0 bridgehead atoms. The average molecular weight is 526 g/mol.